The molecule has 3 rings (SSSR count). The van der Waals surface area contributed by atoms with Gasteiger partial charge in [0.2, 0.25) is 6.79 Å². The summed E-state index contributed by atoms with van der Waals surface area (Å²) in [6.45, 7) is 7.00. The van der Waals surface area contributed by atoms with Gasteiger partial charge in [0, 0.05) is 13.1 Å². The summed E-state index contributed by atoms with van der Waals surface area (Å²) in [5.74, 6) is 3.21. The van der Waals surface area contributed by atoms with Gasteiger partial charge in [0.1, 0.15) is 0 Å². The number of hydrogen-bond donors (Lipinski definition) is 1. The number of rotatable bonds is 8. The third-order valence-electron chi connectivity index (χ3n) is 3.70. The van der Waals surface area contributed by atoms with Crippen molar-refractivity contribution < 1.29 is 18.9 Å². The zero-order chi connectivity index (χ0) is 16.8. The van der Waals surface area contributed by atoms with E-state index < -0.39 is 0 Å². The van der Waals surface area contributed by atoms with Crippen LogP contribution in [0.1, 0.15) is 25.0 Å². The molecule has 0 fully saturated rings. The predicted molar refractivity (Wildman–Crippen MR) is 91.9 cm³/mol. The monoisotopic (exact) mass is 329 g/mol. The molecule has 0 unspecified atom stereocenters. The van der Waals surface area contributed by atoms with Crippen LogP contribution in [0.25, 0.3) is 0 Å². The van der Waals surface area contributed by atoms with Crippen LogP contribution in [-0.2, 0) is 13.1 Å². The normalized spacial score (nSPS) is 12.2. The molecular weight excluding hydrogens is 306 g/mol. The Hall–Kier alpha value is -2.40. The smallest absolute Gasteiger partial charge is 0.231 e. The molecule has 0 aromatic heterocycles. The van der Waals surface area contributed by atoms with Gasteiger partial charge in [-0.1, -0.05) is 12.1 Å². The van der Waals surface area contributed by atoms with Crippen molar-refractivity contribution in [1.29, 1.82) is 0 Å². The van der Waals surface area contributed by atoms with Gasteiger partial charge < -0.3 is 24.3 Å². The SMILES string of the molecule is CCOc1ccc(CNCc2ccc3c(c2)OCO3)cc1OCC. The van der Waals surface area contributed by atoms with E-state index >= 15 is 0 Å². The Morgan fingerprint density at radius 1 is 0.833 bits per heavy atom. The van der Waals surface area contributed by atoms with Crippen molar-refractivity contribution in [2.24, 2.45) is 0 Å². The molecule has 1 aliphatic heterocycles. The lowest BCUT2D eigenvalue weighted by Crippen LogP contribution is -2.13. The molecule has 128 valence electrons. The first-order chi connectivity index (χ1) is 11.8. The Morgan fingerprint density at radius 3 is 2.29 bits per heavy atom. The topological polar surface area (TPSA) is 49.0 Å². The molecule has 1 aliphatic rings. The maximum Gasteiger partial charge on any atom is 0.231 e. The molecule has 5 heteroatoms. The molecule has 0 saturated carbocycles. The highest BCUT2D eigenvalue weighted by Gasteiger charge is 2.13. The first kappa shape index (κ1) is 16.5. The number of benzene rings is 2. The molecule has 0 radical (unpaired) electrons. The van der Waals surface area contributed by atoms with Crippen molar-refractivity contribution >= 4 is 0 Å². The summed E-state index contributed by atoms with van der Waals surface area (Å²) in [7, 11) is 0. The molecule has 0 saturated heterocycles. The maximum absolute atomic E-state index is 5.66. The molecule has 2 aromatic carbocycles. The zero-order valence-corrected chi connectivity index (χ0v) is 14.1. The lowest BCUT2D eigenvalue weighted by molar-refractivity contribution is 0.174. The number of ether oxygens (including phenoxy) is 4. The van der Waals surface area contributed by atoms with E-state index in [2.05, 4.69) is 11.4 Å². The summed E-state index contributed by atoms with van der Waals surface area (Å²) >= 11 is 0. The summed E-state index contributed by atoms with van der Waals surface area (Å²) in [6, 6.07) is 12.1. The minimum Gasteiger partial charge on any atom is -0.490 e. The molecule has 2 aromatic rings. The molecular formula is C19H23NO4. The van der Waals surface area contributed by atoms with Crippen molar-refractivity contribution in [2.75, 3.05) is 20.0 Å². The van der Waals surface area contributed by atoms with Gasteiger partial charge >= 0.3 is 0 Å². The van der Waals surface area contributed by atoms with E-state index in [1.807, 2.05) is 44.2 Å². The largest absolute Gasteiger partial charge is 0.490 e. The Balaban J connectivity index is 1.59. The summed E-state index contributed by atoms with van der Waals surface area (Å²) in [6.07, 6.45) is 0. The van der Waals surface area contributed by atoms with Crippen molar-refractivity contribution in [3.63, 3.8) is 0 Å². The molecule has 24 heavy (non-hydrogen) atoms. The second-order valence-electron chi connectivity index (χ2n) is 5.44. The van der Waals surface area contributed by atoms with Crippen LogP contribution in [0, 0.1) is 0 Å². The average Bonchev–Trinajstić information content (AvgIpc) is 3.05. The van der Waals surface area contributed by atoms with E-state index in [1.54, 1.807) is 0 Å². The van der Waals surface area contributed by atoms with Gasteiger partial charge in [-0.3, -0.25) is 0 Å². The highest BCUT2D eigenvalue weighted by molar-refractivity contribution is 5.45. The first-order valence-corrected chi connectivity index (χ1v) is 8.28. The Kier molecular flexibility index (Phi) is 5.43. The molecule has 0 spiro atoms. The fourth-order valence-electron chi connectivity index (χ4n) is 2.61. The van der Waals surface area contributed by atoms with Crippen molar-refractivity contribution in [2.45, 2.75) is 26.9 Å². The van der Waals surface area contributed by atoms with Crippen molar-refractivity contribution in [3.05, 3.63) is 47.5 Å². The van der Waals surface area contributed by atoms with Crippen LogP contribution in [0.15, 0.2) is 36.4 Å². The molecule has 0 aliphatic carbocycles. The van der Waals surface area contributed by atoms with Crippen LogP contribution in [0.3, 0.4) is 0 Å². The van der Waals surface area contributed by atoms with Gasteiger partial charge in [0.15, 0.2) is 23.0 Å². The Morgan fingerprint density at radius 2 is 1.50 bits per heavy atom. The first-order valence-electron chi connectivity index (χ1n) is 8.28. The Labute approximate surface area is 142 Å². The van der Waals surface area contributed by atoms with Gasteiger partial charge in [-0.25, -0.2) is 0 Å². The fraction of sp³-hybridized carbons (Fsp3) is 0.368. The number of fused-ring (bicyclic) bond motifs is 1. The zero-order valence-electron chi connectivity index (χ0n) is 14.1. The fourth-order valence-corrected chi connectivity index (χ4v) is 2.61. The molecule has 0 amide bonds. The van der Waals surface area contributed by atoms with Crippen LogP contribution in [0.2, 0.25) is 0 Å². The molecule has 1 heterocycles. The van der Waals surface area contributed by atoms with Crippen molar-refractivity contribution in [1.82, 2.24) is 5.32 Å². The van der Waals surface area contributed by atoms with Crippen LogP contribution in [0.5, 0.6) is 23.0 Å². The average molecular weight is 329 g/mol. The predicted octanol–water partition coefficient (Wildman–Crippen LogP) is 3.50. The van der Waals surface area contributed by atoms with Crippen LogP contribution in [-0.4, -0.2) is 20.0 Å². The highest BCUT2D eigenvalue weighted by atomic mass is 16.7. The van der Waals surface area contributed by atoms with E-state index in [1.165, 1.54) is 0 Å². The van der Waals surface area contributed by atoms with Gasteiger partial charge in [-0.15, -0.1) is 0 Å². The Bertz CT molecular complexity index is 687. The summed E-state index contributed by atoms with van der Waals surface area (Å²) in [5, 5.41) is 3.44. The molecule has 0 atom stereocenters. The lowest BCUT2D eigenvalue weighted by Gasteiger charge is -2.13. The van der Waals surface area contributed by atoms with E-state index in [0.717, 1.165) is 47.2 Å². The number of hydrogen-bond acceptors (Lipinski definition) is 5. The van der Waals surface area contributed by atoms with Gasteiger partial charge in [0.05, 0.1) is 13.2 Å². The van der Waals surface area contributed by atoms with Gasteiger partial charge in [-0.2, -0.15) is 0 Å². The van der Waals surface area contributed by atoms with Crippen LogP contribution in [0.4, 0.5) is 0 Å². The third kappa shape index (κ3) is 3.92. The minimum atomic E-state index is 0.304. The lowest BCUT2D eigenvalue weighted by atomic mass is 10.1. The second kappa shape index (κ2) is 7.93. The van der Waals surface area contributed by atoms with E-state index in [0.29, 0.717) is 20.0 Å². The molecule has 5 nitrogen and oxygen atoms in total. The summed E-state index contributed by atoms with van der Waals surface area (Å²) in [4.78, 5) is 0. The van der Waals surface area contributed by atoms with Gasteiger partial charge in [-0.05, 0) is 49.2 Å². The summed E-state index contributed by atoms with van der Waals surface area (Å²) < 4.78 is 22.0. The third-order valence-corrected chi connectivity index (χ3v) is 3.70. The van der Waals surface area contributed by atoms with Gasteiger partial charge in [0.25, 0.3) is 0 Å². The van der Waals surface area contributed by atoms with E-state index in [9.17, 15) is 0 Å². The van der Waals surface area contributed by atoms with Crippen LogP contribution < -0.4 is 24.3 Å². The molecule has 1 N–H and O–H groups in total. The number of nitrogens with one attached hydrogen (secondary N) is 1. The van der Waals surface area contributed by atoms with Crippen LogP contribution >= 0.6 is 0 Å². The molecule has 0 bridgehead atoms. The minimum absolute atomic E-state index is 0.304. The maximum atomic E-state index is 5.66. The van der Waals surface area contributed by atoms with Crippen molar-refractivity contribution in [3.8, 4) is 23.0 Å². The van der Waals surface area contributed by atoms with E-state index in [-0.39, 0.29) is 0 Å². The summed E-state index contributed by atoms with van der Waals surface area (Å²) in [5.41, 5.74) is 2.32. The highest BCUT2D eigenvalue weighted by Crippen LogP contribution is 2.32. The quantitative estimate of drug-likeness (QED) is 0.803. The second-order valence-corrected chi connectivity index (χ2v) is 5.44. The van der Waals surface area contributed by atoms with E-state index in [4.69, 9.17) is 18.9 Å². The standard InChI is InChI=1S/C19H23NO4/c1-3-21-16-7-5-14(9-18(16)22-4-2)11-20-12-15-6-8-17-19(10-15)24-13-23-17/h5-10,20H,3-4,11-13H2,1-2H3.